The van der Waals surface area contributed by atoms with Crippen molar-refractivity contribution in [2.24, 2.45) is 0 Å². The van der Waals surface area contributed by atoms with Gasteiger partial charge < -0.3 is 9.80 Å². The van der Waals surface area contributed by atoms with Gasteiger partial charge in [-0.1, -0.05) is 0 Å². The molecule has 0 bridgehead atoms. The molecule has 20 heavy (non-hydrogen) atoms. The summed E-state index contributed by atoms with van der Waals surface area (Å²) in [6.07, 6.45) is -4.72. The molecule has 1 saturated heterocycles. The van der Waals surface area contributed by atoms with Gasteiger partial charge >= 0.3 is 12.3 Å². The second-order valence-electron chi connectivity index (χ2n) is 4.38. The molecule has 0 unspecified atom stereocenters. The first-order valence-electron chi connectivity index (χ1n) is 5.99. The van der Waals surface area contributed by atoms with E-state index >= 15 is 0 Å². The van der Waals surface area contributed by atoms with Gasteiger partial charge in [-0.25, -0.2) is 14.5 Å². The number of nitrogens with zero attached hydrogens (tertiary/aromatic N) is 2. The number of rotatable bonds is 1. The summed E-state index contributed by atoms with van der Waals surface area (Å²) >= 11 is 0. The predicted molar refractivity (Wildman–Crippen MR) is 64.8 cm³/mol. The smallest absolute Gasteiger partial charge is 0.368 e. The molecule has 2 amide bonds. The quantitative estimate of drug-likeness (QED) is 0.636. The summed E-state index contributed by atoms with van der Waals surface area (Å²) in [6.45, 7) is 1.16. The zero-order valence-electron chi connectivity index (χ0n) is 10.5. The van der Waals surface area contributed by atoms with Crippen LogP contribution in [0.25, 0.3) is 0 Å². The van der Waals surface area contributed by atoms with Crippen LogP contribution in [-0.2, 0) is 0 Å². The van der Waals surface area contributed by atoms with Crippen LogP contribution in [-0.4, -0.2) is 43.4 Å². The van der Waals surface area contributed by atoms with Crippen molar-refractivity contribution >= 4 is 11.7 Å². The molecule has 1 aliphatic rings. The van der Waals surface area contributed by atoms with Gasteiger partial charge in [0.05, 0.1) is 0 Å². The van der Waals surface area contributed by atoms with Crippen molar-refractivity contribution < 1.29 is 22.4 Å². The molecular weight excluding hydrogens is 278 g/mol. The van der Waals surface area contributed by atoms with Crippen molar-refractivity contribution in [1.82, 2.24) is 10.2 Å². The minimum Gasteiger partial charge on any atom is -0.368 e. The summed E-state index contributed by atoms with van der Waals surface area (Å²) < 4.78 is 48.9. The van der Waals surface area contributed by atoms with Gasteiger partial charge in [0.2, 0.25) is 0 Å². The van der Waals surface area contributed by atoms with Crippen molar-refractivity contribution in [1.29, 1.82) is 0 Å². The molecule has 1 aromatic rings. The van der Waals surface area contributed by atoms with E-state index in [1.54, 1.807) is 12.1 Å². The Hall–Kier alpha value is -1.99. The summed E-state index contributed by atoms with van der Waals surface area (Å²) in [5, 5.41) is 0.970. The number of nitrogens with one attached hydrogen (secondary N) is 1. The van der Waals surface area contributed by atoms with Crippen molar-refractivity contribution in [2.45, 2.75) is 6.30 Å². The Kier molecular flexibility index (Phi) is 4.01. The number of halogens is 4. The lowest BCUT2D eigenvalue weighted by atomic mass is 10.2. The van der Waals surface area contributed by atoms with Gasteiger partial charge in [0.1, 0.15) is 5.82 Å². The van der Waals surface area contributed by atoms with E-state index in [0.717, 1.165) is 15.9 Å². The highest BCUT2D eigenvalue weighted by Gasteiger charge is 2.33. The van der Waals surface area contributed by atoms with Gasteiger partial charge in [0.15, 0.2) is 0 Å². The van der Waals surface area contributed by atoms with E-state index < -0.39 is 12.3 Å². The van der Waals surface area contributed by atoms with Crippen molar-refractivity contribution in [3.05, 3.63) is 30.1 Å². The van der Waals surface area contributed by atoms with Crippen molar-refractivity contribution in [3.63, 3.8) is 0 Å². The molecule has 0 aromatic heterocycles. The number of amides is 2. The lowest BCUT2D eigenvalue weighted by Gasteiger charge is -2.36. The molecule has 1 heterocycles. The second kappa shape index (κ2) is 5.56. The first-order valence-corrected chi connectivity index (χ1v) is 5.99. The fourth-order valence-corrected chi connectivity index (χ4v) is 2.02. The van der Waals surface area contributed by atoms with Crippen molar-refractivity contribution in [3.8, 4) is 0 Å². The van der Waals surface area contributed by atoms with Gasteiger partial charge in [-0.2, -0.15) is 13.2 Å². The number of hydrogen-bond donors (Lipinski definition) is 1. The van der Waals surface area contributed by atoms with Crippen LogP contribution in [0.1, 0.15) is 0 Å². The third-order valence-electron chi connectivity index (χ3n) is 3.01. The third kappa shape index (κ3) is 3.75. The maximum Gasteiger partial charge on any atom is 0.485 e. The molecule has 1 aromatic carbocycles. The molecule has 1 fully saturated rings. The zero-order valence-corrected chi connectivity index (χ0v) is 10.5. The molecule has 0 aliphatic carbocycles. The zero-order chi connectivity index (χ0) is 14.8. The monoisotopic (exact) mass is 291 g/mol. The topological polar surface area (TPSA) is 35.6 Å². The normalized spacial score (nSPS) is 16.2. The minimum atomic E-state index is -4.72. The Labute approximate surface area is 113 Å². The summed E-state index contributed by atoms with van der Waals surface area (Å²) in [6, 6.07) is 4.69. The molecule has 2 rings (SSSR count). The SMILES string of the molecule is O=C(NC(F)(F)F)N1CCN(c2ccc(F)cc2)CC1. The van der Waals surface area contributed by atoms with E-state index in [9.17, 15) is 22.4 Å². The average Bonchev–Trinajstić information content (AvgIpc) is 2.38. The van der Waals surface area contributed by atoms with Crippen LogP contribution in [0.4, 0.5) is 28.0 Å². The van der Waals surface area contributed by atoms with Crippen LogP contribution in [0.15, 0.2) is 24.3 Å². The largest absolute Gasteiger partial charge is 0.485 e. The van der Waals surface area contributed by atoms with E-state index in [1.807, 2.05) is 4.90 Å². The maximum atomic E-state index is 12.8. The molecule has 0 spiro atoms. The first kappa shape index (κ1) is 14.4. The molecule has 1 N–H and O–H groups in total. The molecule has 110 valence electrons. The highest BCUT2D eigenvalue weighted by Crippen LogP contribution is 2.17. The molecule has 0 saturated carbocycles. The van der Waals surface area contributed by atoms with Crippen LogP contribution < -0.4 is 10.2 Å². The molecular formula is C12H13F4N3O. The lowest BCUT2D eigenvalue weighted by molar-refractivity contribution is -0.147. The number of anilines is 1. The second-order valence-corrected chi connectivity index (χ2v) is 4.38. The number of carbonyl (C=O) groups is 1. The van der Waals surface area contributed by atoms with Crippen molar-refractivity contribution in [2.75, 3.05) is 31.1 Å². The van der Waals surface area contributed by atoms with Gasteiger partial charge in [-0.05, 0) is 24.3 Å². The predicted octanol–water partition coefficient (Wildman–Crippen LogP) is 2.18. The maximum absolute atomic E-state index is 12.8. The standard InChI is InChI=1S/C12H13F4N3O/c13-9-1-3-10(4-2-9)18-5-7-19(8-6-18)11(20)17-12(14,15)16/h1-4H,5-8H2,(H,17,20). The highest BCUT2D eigenvalue weighted by atomic mass is 19.4. The number of hydrogen-bond acceptors (Lipinski definition) is 2. The van der Waals surface area contributed by atoms with Gasteiger partial charge in [-0.15, -0.1) is 0 Å². The fourth-order valence-electron chi connectivity index (χ4n) is 2.02. The van der Waals surface area contributed by atoms with E-state index in [2.05, 4.69) is 0 Å². The lowest BCUT2D eigenvalue weighted by Crippen LogP contribution is -2.54. The minimum absolute atomic E-state index is 0.180. The number of piperazine rings is 1. The molecule has 0 atom stereocenters. The average molecular weight is 291 g/mol. The number of alkyl halides is 3. The van der Waals surface area contributed by atoms with Crippen LogP contribution >= 0.6 is 0 Å². The summed E-state index contributed by atoms with van der Waals surface area (Å²) in [5.74, 6) is -0.350. The number of benzene rings is 1. The van der Waals surface area contributed by atoms with Crippen LogP contribution in [0.2, 0.25) is 0 Å². The van der Waals surface area contributed by atoms with E-state index in [1.165, 1.54) is 12.1 Å². The van der Waals surface area contributed by atoms with Crippen LogP contribution in [0.3, 0.4) is 0 Å². The van der Waals surface area contributed by atoms with Gasteiger partial charge in [-0.3, -0.25) is 0 Å². The summed E-state index contributed by atoms with van der Waals surface area (Å²) in [5.41, 5.74) is 0.780. The Morgan fingerprint density at radius 2 is 1.60 bits per heavy atom. The number of urea groups is 1. The van der Waals surface area contributed by atoms with Crippen LogP contribution in [0.5, 0.6) is 0 Å². The third-order valence-corrected chi connectivity index (χ3v) is 3.01. The summed E-state index contributed by atoms with van der Waals surface area (Å²) in [4.78, 5) is 14.3. The Morgan fingerprint density at radius 1 is 1.05 bits per heavy atom. The Bertz CT molecular complexity index is 467. The Morgan fingerprint density at radius 3 is 2.10 bits per heavy atom. The van der Waals surface area contributed by atoms with E-state index in [4.69, 9.17) is 0 Å². The summed E-state index contributed by atoms with van der Waals surface area (Å²) in [7, 11) is 0. The molecule has 8 heteroatoms. The van der Waals surface area contributed by atoms with E-state index in [0.29, 0.717) is 13.1 Å². The van der Waals surface area contributed by atoms with E-state index in [-0.39, 0.29) is 18.9 Å². The van der Waals surface area contributed by atoms with Gasteiger partial charge in [0.25, 0.3) is 0 Å². The van der Waals surface area contributed by atoms with Crippen LogP contribution in [0, 0.1) is 5.82 Å². The molecule has 0 radical (unpaired) electrons. The Balaban J connectivity index is 1.89. The first-order chi connectivity index (χ1) is 9.35. The highest BCUT2D eigenvalue weighted by molar-refractivity contribution is 5.74. The molecule has 1 aliphatic heterocycles. The molecule has 4 nitrogen and oxygen atoms in total. The number of carbonyl (C=O) groups excluding carboxylic acids is 1. The van der Waals surface area contributed by atoms with Gasteiger partial charge in [0, 0.05) is 31.9 Å². The fraction of sp³-hybridized carbons (Fsp3) is 0.417.